The van der Waals surface area contributed by atoms with Crippen molar-refractivity contribution in [3.05, 3.63) is 34.9 Å². The van der Waals surface area contributed by atoms with Crippen molar-refractivity contribution in [1.29, 1.82) is 0 Å². The molecule has 0 aromatic heterocycles. The molecule has 0 spiro atoms. The molecular formula is C23H26F3N3O5. The molecular weight excluding hydrogens is 455 g/mol. The Morgan fingerprint density at radius 1 is 1.21 bits per heavy atom. The topological polar surface area (TPSA) is 116 Å². The maximum atomic E-state index is 13.8. The molecule has 2 aliphatic heterocycles. The molecule has 1 saturated carbocycles. The van der Waals surface area contributed by atoms with Gasteiger partial charge >= 0.3 is 6.18 Å². The van der Waals surface area contributed by atoms with Gasteiger partial charge < -0.3 is 15.3 Å². The van der Waals surface area contributed by atoms with Gasteiger partial charge in [0, 0.05) is 24.1 Å². The largest absolute Gasteiger partial charge is 0.408 e. The van der Waals surface area contributed by atoms with Gasteiger partial charge in [-0.05, 0) is 68.7 Å². The zero-order valence-corrected chi connectivity index (χ0v) is 18.6. The van der Waals surface area contributed by atoms with Crippen molar-refractivity contribution in [3.8, 4) is 0 Å². The van der Waals surface area contributed by atoms with Gasteiger partial charge in [0.05, 0.1) is 5.60 Å². The van der Waals surface area contributed by atoms with E-state index in [4.69, 9.17) is 0 Å². The zero-order valence-electron chi connectivity index (χ0n) is 18.6. The fourth-order valence-corrected chi connectivity index (χ4v) is 5.00. The lowest BCUT2D eigenvalue weighted by Gasteiger charge is -2.37. The number of piperidine rings is 1. The minimum absolute atomic E-state index is 0.0158. The molecule has 1 unspecified atom stereocenters. The molecule has 2 fully saturated rings. The Morgan fingerprint density at radius 3 is 2.50 bits per heavy atom. The van der Waals surface area contributed by atoms with Crippen LogP contribution in [0.5, 0.6) is 0 Å². The van der Waals surface area contributed by atoms with Crippen molar-refractivity contribution in [2.75, 3.05) is 0 Å². The molecule has 4 amide bonds. The standard InChI is InChI=1S/C23H26F3N3O5/c1-22(34)8-6-12(7-9-22)18(23(24,25)26)28-19(31)13-2-3-15-14(10-13)11-29(21(15)33)16-4-5-17(30)27-20(16)32/h2-3,10,12,16,18,34H,4-9,11H2,1H3,(H,28,31)(H,27,30,32)/t12?,16?,18-,22?/m1/s1. The van der Waals surface area contributed by atoms with E-state index in [-0.39, 0.29) is 56.2 Å². The summed E-state index contributed by atoms with van der Waals surface area (Å²) in [5.74, 6) is -3.17. The molecule has 34 heavy (non-hydrogen) atoms. The first kappa shape index (κ1) is 24.2. The number of amides is 4. The summed E-state index contributed by atoms with van der Waals surface area (Å²) in [4.78, 5) is 50.4. The van der Waals surface area contributed by atoms with Crippen LogP contribution in [0.15, 0.2) is 18.2 Å². The zero-order chi connectivity index (χ0) is 24.8. The molecule has 0 radical (unpaired) electrons. The lowest BCUT2D eigenvalue weighted by atomic mass is 9.76. The molecule has 1 aromatic carbocycles. The number of carbonyl (C=O) groups excluding carboxylic acids is 4. The molecule has 2 heterocycles. The molecule has 3 N–H and O–H groups in total. The van der Waals surface area contributed by atoms with Crippen molar-refractivity contribution in [2.45, 2.75) is 75.9 Å². The second kappa shape index (κ2) is 8.68. The SMILES string of the molecule is CC1(O)CCC([C@@H](NC(=O)c2ccc3c(c2)CN(C2CCC(=O)NC2=O)C3=O)C(F)(F)F)CC1. The molecule has 1 saturated heterocycles. The highest BCUT2D eigenvalue weighted by Crippen LogP contribution is 2.38. The average molecular weight is 481 g/mol. The Labute approximate surface area is 193 Å². The van der Waals surface area contributed by atoms with E-state index in [0.29, 0.717) is 5.56 Å². The number of rotatable bonds is 4. The summed E-state index contributed by atoms with van der Waals surface area (Å²) in [6, 6.07) is 1.16. The Balaban J connectivity index is 1.48. The third kappa shape index (κ3) is 4.79. The fraction of sp³-hybridized carbons (Fsp3) is 0.565. The lowest BCUT2D eigenvalue weighted by Crippen LogP contribution is -2.52. The molecule has 1 aliphatic carbocycles. The first-order chi connectivity index (χ1) is 15.9. The van der Waals surface area contributed by atoms with Crippen molar-refractivity contribution in [2.24, 2.45) is 5.92 Å². The molecule has 184 valence electrons. The van der Waals surface area contributed by atoms with Crippen LogP contribution in [0.2, 0.25) is 0 Å². The first-order valence-electron chi connectivity index (χ1n) is 11.2. The van der Waals surface area contributed by atoms with E-state index >= 15 is 0 Å². The van der Waals surface area contributed by atoms with Crippen LogP contribution >= 0.6 is 0 Å². The molecule has 4 rings (SSSR count). The van der Waals surface area contributed by atoms with Crippen LogP contribution in [0.25, 0.3) is 0 Å². The van der Waals surface area contributed by atoms with Crippen LogP contribution in [0.4, 0.5) is 13.2 Å². The van der Waals surface area contributed by atoms with Crippen LogP contribution < -0.4 is 10.6 Å². The number of halogens is 3. The van der Waals surface area contributed by atoms with Gasteiger partial charge in [-0.15, -0.1) is 0 Å². The molecule has 1 aromatic rings. The van der Waals surface area contributed by atoms with E-state index < -0.39 is 53.4 Å². The van der Waals surface area contributed by atoms with Crippen molar-refractivity contribution < 1.29 is 37.5 Å². The van der Waals surface area contributed by atoms with E-state index in [1.807, 2.05) is 0 Å². The molecule has 3 aliphatic rings. The number of hydrogen-bond acceptors (Lipinski definition) is 5. The minimum Gasteiger partial charge on any atom is -0.390 e. The van der Waals surface area contributed by atoms with E-state index in [9.17, 15) is 37.5 Å². The molecule has 0 bridgehead atoms. The van der Waals surface area contributed by atoms with Gasteiger partial charge in [-0.3, -0.25) is 24.5 Å². The van der Waals surface area contributed by atoms with Crippen LogP contribution in [-0.2, 0) is 16.1 Å². The molecule has 11 heteroatoms. The summed E-state index contributed by atoms with van der Waals surface area (Å²) in [5.41, 5.74) is -0.325. The van der Waals surface area contributed by atoms with Gasteiger partial charge in [0.25, 0.3) is 11.8 Å². The van der Waals surface area contributed by atoms with E-state index in [2.05, 4.69) is 10.6 Å². The lowest BCUT2D eigenvalue weighted by molar-refractivity contribution is -0.171. The van der Waals surface area contributed by atoms with Crippen LogP contribution in [0.3, 0.4) is 0 Å². The smallest absolute Gasteiger partial charge is 0.390 e. The maximum Gasteiger partial charge on any atom is 0.408 e. The first-order valence-corrected chi connectivity index (χ1v) is 11.2. The monoisotopic (exact) mass is 481 g/mol. The van der Waals surface area contributed by atoms with Gasteiger partial charge in [0.15, 0.2) is 0 Å². The third-order valence-corrected chi connectivity index (χ3v) is 7.00. The average Bonchev–Trinajstić information content (AvgIpc) is 3.07. The van der Waals surface area contributed by atoms with Gasteiger partial charge in [0.1, 0.15) is 12.1 Å². The van der Waals surface area contributed by atoms with E-state index in [0.717, 1.165) is 0 Å². The molecule has 2 atom stereocenters. The second-order valence-corrected chi connectivity index (χ2v) is 9.60. The highest BCUT2D eigenvalue weighted by Gasteiger charge is 2.47. The number of nitrogens with zero attached hydrogens (tertiary/aromatic N) is 1. The van der Waals surface area contributed by atoms with Gasteiger partial charge in [-0.25, -0.2) is 0 Å². The minimum atomic E-state index is -4.65. The van der Waals surface area contributed by atoms with Gasteiger partial charge in [0.2, 0.25) is 11.8 Å². The summed E-state index contributed by atoms with van der Waals surface area (Å²) in [6.07, 6.45) is -3.67. The number of benzene rings is 1. The number of aliphatic hydroxyl groups is 1. The van der Waals surface area contributed by atoms with Crippen molar-refractivity contribution in [3.63, 3.8) is 0 Å². The summed E-state index contributed by atoms with van der Waals surface area (Å²) >= 11 is 0. The summed E-state index contributed by atoms with van der Waals surface area (Å²) in [5, 5.41) is 14.4. The Hall–Kier alpha value is -2.95. The summed E-state index contributed by atoms with van der Waals surface area (Å²) in [7, 11) is 0. The highest BCUT2D eigenvalue weighted by molar-refractivity contribution is 6.06. The number of imide groups is 1. The highest BCUT2D eigenvalue weighted by atomic mass is 19.4. The fourth-order valence-electron chi connectivity index (χ4n) is 5.00. The summed E-state index contributed by atoms with van der Waals surface area (Å²) < 4.78 is 41.3. The maximum absolute atomic E-state index is 13.8. The van der Waals surface area contributed by atoms with Gasteiger partial charge in [-0.2, -0.15) is 13.2 Å². The summed E-state index contributed by atoms with van der Waals surface area (Å²) in [6.45, 7) is 1.61. The van der Waals surface area contributed by atoms with E-state index in [1.54, 1.807) is 6.92 Å². The molecule has 8 nitrogen and oxygen atoms in total. The van der Waals surface area contributed by atoms with Crippen molar-refractivity contribution >= 4 is 23.6 Å². The second-order valence-electron chi connectivity index (χ2n) is 9.60. The predicted octanol–water partition coefficient (Wildman–Crippen LogP) is 2.05. The van der Waals surface area contributed by atoms with Crippen LogP contribution in [-0.4, -0.2) is 57.5 Å². The number of alkyl halides is 3. The van der Waals surface area contributed by atoms with Crippen LogP contribution in [0, 0.1) is 5.92 Å². The third-order valence-electron chi connectivity index (χ3n) is 7.00. The Morgan fingerprint density at radius 2 is 1.88 bits per heavy atom. The van der Waals surface area contributed by atoms with Crippen LogP contribution in [0.1, 0.15) is 71.7 Å². The number of carbonyl (C=O) groups is 4. The van der Waals surface area contributed by atoms with Crippen molar-refractivity contribution in [1.82, 2.24) is 15.5 Å². The normalized spacial score (nSPS) is 28.4. The van der Waals surface area contributed by atoms with Gasteiger partial charge in [-0.1, -0.05) is 0 Å². The van der Waals surface area contributed by atoms with E-state index in [1.165, 1.54) is 23.1 Å². The Bertz CT molecular complexity index is 1030. The predicted molar refractivity (Wildman–Crippen MR) is 112 cm³/mol. The number of fused-ring (bicyclic) bond motifs is 1. The number of nitrogens with one attached hydrogen (secondary N) is 2. The quantitative estimate of drug-likeness (QED) is 0.570. The Kier molecular flexibility index (Phi) is 6.17. The number of hydrogen-bond donors (Lipinski definition) is 3.